The van der Waals surface area contributed by atoms with Crippen molar-refractivity contribution < 1.29 is 4.79 Å². The highest BCUT2D eigenvalue weighted by Gasteiger charge is 2.21. The number of thioether (sulfide) groups is 1. The predicted octanol–water partition coefficient (Wildman–Crippen LogP) is 2.12. The minimum Gasteiger partial charge on any atom is -0.342 e. The molecule has 1 aliphatic rings. The summed E-state index contributed by atoms with van der Waals surface area (Å²) in [7, 11) is 0. The molecule has 0 spiro atoms. The van der Waals surface area contributed by atoms with Gasteiger partial charge in [0.15, 0.2) is 0 Å². The number of rotatable bonds is 6. The maximum absolute atomic E-state index is 11.9. The highest BCUT2D eigenvalue weighted by molar-refractivity contribution is 7.99. The van der Waals surface area contributed by atoms with E-state index >= 15 is 0 Å². The average Bonchev–Trinajstić information content (AvgIpc) is 2.38. The Labute approximate surface area is 110 Å². The van der Waals surface area contributed by atoms with Gasteiger partial charge in [-0.15, -0.1) is 0 Å². The molecule has 1 fully saturated rings. The molecule has 100 valence electrons. The third-order valence-electron chi connectivity index (χ3n) is 3.62. The Kier molecular flexibility index (Phi) is 6.97. The van der Waals surface area contributed by atoms with E-state index in [1.54, 1.807) is 0 Å². The monoisotopic (exact) mass is 258 g/mol. The molecule has 0 aromatic carbocycles. The fraction of sp³-hybridized carbons (Fsp3) is 0.923. The lowest BCUT2D eigenvalue weighted by Gasteiger charge is -2.29. The van der Waals surface area contributed by atoms with Crippen molar-refractivity contribution in [3.05, 3.63) is 0 Å². The summed E-state index contributed by atoms with van der Waals surface area (Å²) in [6.07, 6.45) is 7.26. The molecular formula is C13H26N2OS. The number of hydrogen-bond acceptors (Lipinski definition) is 3. The van der Waals surface area contributed by atoms with E-state index < -0.39 is 0 Å². The minimum absolute atomic E-state index is 0.237. The molecule has 1 N–H and O–H groups in total. The Morgan fingerprint density at radius 1 is 1.35 bits per heavy atom. The summed E-state index contributed by atoms with van der Waals surface area (Å²) >= 11 is 1.96. The summed E-state index contributed by atoms with van der Waals surface area (Å²) in [6, 6.07) is 0.542. The first kappa shape index (κ1) is 14.8. The Bertz CT molecular complexity index is 231. The van der Waals surface area contributed by atoms with Crippen molar-refractivity contribution in [1.82, 2.24) is 10.2 Å². The molecule has 17 heavy (non-hydrogen) atoms. The maximum atomic E-state index is 11.9. The molecule has 1 rings (SSSR count). The van der Waals surface area contributed by atoms with Crippen molar-refractivity contribution in [2.75, 3.05) is 25.9 Å². The quantitative estimate of drug-likeness (QED) is 0.792. The highest BCUT2D eigenvalue weighted by atomic mass is 32.2. The molecule has 0 bridgehead atoms. The van der Waals surface area contributed by atoms with Crippen LogP contribution in [0.1, 0.15) is 39.5 Å². The van der Waals surface area contributed by atoms with Crippen LogP contribution in [0.25, 0.3) is 0 Å². The molecule has 0 aromatic heterocycles. The smallest absolute Gasteiger partial charge is 0.236 e. The molecule has 3 nitrogen and oxygen atoms in total. The van der Waals surface area contributed by atoms with Gasteiger partial charge in [0.05, 0.1) is 6.54 Å². The van der Waals surface area contributed by atoms with Gasteiger partial charge in [-0.05, 0) is 39.4 Å². The third kappa shape index (κ3) is 4.88. The number of nitrogens with zero attached hydrogens (tertiary/aromatic N) is 1. The van der Waals surface area contributed by atoms with Gasteiger partial charge >= 0.3 is 0 Å². The van der Waals surface area contributed by atoms with Gasteiger partial charge in [0.25, 0.3) is 0 Å². The zero-order valence-electron chi connectivity index (χ0n) is 11.4. The standard InChI is InChI=1S/C13H26N2OS/c1-4-15(5-2)13(16)10-14-11-7-6-8-12(9-11)17-3/h11-12,14H,4-10H2,1-3H3. The zero-order valence-corrected chi connectivity index (χ0v) is 12.2. The van der Waals surface area contributed by atoms with Crippen molar-refractivity contribution in [3.63, 3.8) is 0 Å². The summed E-state index contributed by atoms with van der Waals surface area (Å²) in [6.45, 7) is 6.20. The first-order valence-electron chi connectivity index (χ1n) is 6.75. The second-order valence-corrected chi connectivity index (χ2v) is 5.81. The van der Waals surface area contributed by atoms with E-state index in [0.29, 0.717) is 12.6 Å². The predicted molar refractivity (Wildman–Crippen MR) is 75.5 cm³/mol. The fourth-order valence-corrected chi connectivity index (χ4v) is 3.29. The van der Waals surface area contributed by atoms with Crippen LogP contribution in [0.4, 0.5) is 0 Å². The van der Waals surface area contributed by atoms with E-state index in [4.69, 9.17) is 0 Å². The van der Waals surface area contributed by atoms with Crippen molar-refractivity contribution in [2.45, 2.75) is 50.8 Å². The molecule has 2 unspecified atom stereocenters. The first-order valence-corrected chi connectivity index (χ1v) is 8.04. The molecular weight excluding hydrogens is 232 g/mol. The van der Waals surface area contributed by atoms with Gasteiger partial charge in [-0.25, -0.2) is 0 Å². The summed E-state index contributed by atoms with van der Waals surface area (Å²) in [5, 5.41) is 4.21. The minimum atomic E-state index is 0.237. The van der Waals surface area contributed by atoms with E-state index in [-0.39, 0.29) is 5.91 Å². The van der Waals surface area contributed by atoms with Gasteiger partial charge in [-0.3, -0.25) is 4.79 Å². The van der Waals surface area contributed by atoms with Crippen molar-refractivity contribution in [2.24, 2.45) is 0 Å². The van der Waals surface area contributed by atoms with Crippen LogP contribution >= 0.6 is 11.8 Å². The molecule has 0 aliphatic heterocycles. The van der Waals surface area contributed by atoms with Crippen LogP contribution < -0.4 is 5.32 Å². The van der Waals surface area contributed by atoms with E-state index in [1.165, 1.54) is 25.7 Å². The van der Waals surface area contributed by atoms with Gasteiger partial charge in [0, 0.05) is 24.4 Å². The Morgan fingerprint density at radius 2 is 2.06 bits per heavy atom. The van der Waals surface area contributed by atoms with Crippen LogP contribution in [-0.4, -0.2) is 48.0 Å². The molecule has 2 atom stereocenters. The molecule has 0 heterocycles. The number of likely N-dealkylation sites (N-methyl/N-ethyl adjacent to an activating group) is 1. The van der Waals surface area contributed by atoms with Gasteiger partial charge in [-0.1, -0.05) is 6.42 Å². The van der Waals surface area contributed by atoms with Crippen LogP contribution in [0, 0.1) is 0 Å². The molecule has 4 heteroatoms. The Hall–Kier alpha value is -0.220. The van der Waals surface area contributed by atoms with E-state index in [9.17, 15) is 4.79 Å². The van der Waals surface area contributed by atoms with Crippen molar-refractivity contribution >= 4 is 17.7 Å². The number of hydrogen-bond donors (Lipinski definition) is 1. The SMILES string of the molecule is CCN(CC)C(=O)CNC1CCCC(SC)C1. The summed E-state index contributed by atoms with van der Waals surface area (Å²) in [4.78, 5) is 13.7. The fourth-order valence-electron chi connectivity index (χ4n) is 2.46. The number of carbonyl (C=O) groups excluding carboxylic acids is 1. The van der Waals surface area contributed by atoms with Crippen LogP contribution in [0.3, 0.4) is 0 Å². The first-order chi connectivity index (χ1) is 8.21. The third-order valence-corrected chi connectivity index (χ3v) is 4.71. The second-order valence-electron chi connectivity index (χ2n) is 4.67. The average molecular weight is 258 g/mol. The van der Waals surface area contributed by atoms with E-state index in [2.05, 4.69) is 11.6 Å². The Morgan fingerprint density at radius 3 is 2.65 bits per heavy atom. The van der Waals surface area contributed by atoms with E-state index in [0.717, 1.165) is 18.3 Å². The van der Waals surface area contributed by atoms with Crippen LogP contribution in [-0.2, 0) is 4.79 Å². The second kappa shape index (κ2) is 7.98. The van der Waals surface area contributed by atoms with E-state index in [1.807, 2.05) is 30.5 Å². The normalized spacial score (nSPS) is 24.6. The molecule has 0 aromatic rings. The largest absolute Gasteiger partial charge is 0.342 e. The lowest BCUT2D eigenvalue weighted by atomic mass is 9.95. The van der Waals surface area contributed by atoms with Crippen LogP contribution in [0.5, 0.6) is 0 Å². The van der Waals surface area contributed by atoms with Crippen LogP contribution in [0.2, 0.25) is 0 Å². The molecule has 1 amide bonds. The molecule has 1 saturated carbocycles. The topological polar surface area (TPSA) is 32.3 Å². The lowest BCUT2D eigenvalue weighted by molar-refractivity contribution is -0.130. The lowest BCUT2D eigenvalue weighted by Crippen LogP contribution is -2.43. The number of carbonyl (C=O) groups is 1. The van der Waals surface area contributed by atoms with Gasteiger partial charge in [0.2, 0.25) is 5.91 Å². The Balaban J connectivity index is 2.27. The van der Waals surface area contributed by atoms with Crippen molar-refractivity contribution in [1.29, 1.82) is 0 Å². The van der Waals surface area contributed by atoms with Gasteiger partial charge in [0.1, 0.15) is 0 Å². The van der Waals surface area contributed by atoms with Crippen molar-refractivity contribution in [3.8, 4) is 0 Å². The molecule has 0 saturated heterocycles. The highest BCUT2D eigenvalue weighted by Crippen LogP contribution is 2.26. The number of nitrogens with one attached hydrogen (secondary N) is 1. The van der Waals surface area contributed by atoms with Gasteiger partial charge in [-0.2, -0.15) is 11.8 Å². The van der Waals surface area contributed by atoms with Crippen LogP contribution in [0.15, 0.2) is 0 Å². The molecule has 0 radical (unpaired) electrons. The molecule has 1 aliphatic carbocycles. The summed E-state index contributed by atoms with van der Waals surface area (Å²) in [5.41, 5.74) is 0. The summed E-state index contributed by atoms with van der Waals surface area (Å²) < 4.78 is 0. The maximum Gasteiger partial charge on any atom is 0.236 e. The van der Waals surface area contributed by atoms with Gasteiger partial charge < -0.3 is 10.2 Å². The summed E-state index contributed by atoms with van der Waals surface area (Å²) in [5.74, 6) is 0.237. The zero-order chi connectivity index (χ0) is 12.7. The number of amides is 1.